The van der Waals surface area contributed by atoms with Gasteiger partial charge in [-0.2, -0.15) is 0 Å². The Morgan fingerprint density at radius 1 is 1.47 bits per heavy atom. The van der Waals surface area contributed by atoms with Crippen molar-refractivity contribution in [3.63, 3.8) is 0 Å². The molecule has 0 aromatic heterocycles. The topological polar surface area (TPSA) is 35.5 Å². The summed E-state index contributed by atoms with van der Waals surface area (Å²) in [4.78, 5) is 11.0. The Morgan fingerprint density at radius 3 is 2.87 bits per heavy atom. The van der Waals surface area contributed by atoms with Gasteiger partial charge < -0.3 is 9.47 Å². The van der Waals surface area contributed by atoms with Gasteiger partial charge >= 0.3 is 5.97 Å². The molecular weight excluding hydrogens is 216 g/mol. The van der Waals surface area contributed by atoms with Crippen LogP contribution in [0.1, 0.15) is 12.5 Å². The van der Waals surface area contributed by atoms with Gasteiger partial charge in [0.2, 0.25) is 0 Å². The van der Waals surface area contributed by atoms with Crippen molar-refractivity contribution >= 4 is 17.6 Å². The fourth-order valence-corrected chi connectivity index (χ4v) is 1.23. The second-order valence-electron chi connectivity index (χ2n) is 3.00. The average Bonchev–Trinajstić information content (AvgIpc) is 2.20. The van der Waals surface area contributed by atoms with Crippen LogP contribution in [0, 0.1) is 6.92 Å². The number of hydrogen-bond acceptors (Lipinski definition) is 3. The van der Waals surface area contributed by atoms with E-state index in [9.17, 15) is 4.79 Å². The van der Waals surface area contributed by atoms with E-state index in [1.807, 2.05) is 13.0 Å². The zero-order valence-electron chi connectivity index (χ0n) is 8.75. The second-order valence-corrected chi connectivity index (χ2v) is 3.44. The lowest BCUT2D eigenvalue weighted by Crippen LogP contribution is -2.14. The molecule has 1 aromatic rings. The molecule has 1 rings (SSSR count). The SMILES string of the molecule is CCOC(=O)COc1cc(Cl)ccc1C. The molecule has 0 spiro atoms. The van der Waals surface area contributed by atoms with Crippen molar-refractivity contribution in [2.75, 3.05) is 13.2 Å². The third-order valence-electron chi connectivity index (χ3n) is 1.80. The molecule has 0 saturated heterocycles. The molecule has 15 heavy (non-hydrogen) atoms. The third kappa shape index (κ3) is 3.80. The van der Waals surface area contributed by atoms with E-state index in [0.717, 1.165) is 5.56 Å². The summed E-state index contributed by atoms with van der Waals surface area (Å²) in [5.41, 5.74) is 0.934. The summed E-state index contributed by atoms with van der Waals surface area (Å²) in [5, 5.41) is 0.583. The van der Waals surface area contributed by atoms with Crippen LogP contribution in [0.15, 0.2) is 18.2 Å². The molecule has 0 aliphatic heterocycles. The monoisotopic (exact) mass is 228 g/mol. The molecule has 0 radical (unpaired) electrons. The van der Waals surface area contributed by atoms with Crippen molar-refractivity contribution in [3.05, 3.63) is 28.8 Å². The van der Waals surface area contributed by atoms with Crippen LogP contribution in [0.5, 0.6) is 5.75 Å². The Kier molecular flexibility index (Phi) is 4.43. The van der Waals surface area contributed by atoms with E-state index in [0.29, 0.717) is 17.4 Å². The lowest BCUT2D eigenvalue weighted by atomic mass is 10.2. The molecule has 82 valence electrons. The molecule has 0 fully saturated rings. The Balaban J connectivity index is 2.57. The van der Waals surface area contributed by atoms with Crippen LogP contribution >= 0.6 is 11.6 Å². The van der Waals surface area contributed by atoms with E-state index < -0.39 is 0 Å². The predicted octanol–water partition coefficient (Wildman–Crippen LogP) is 2.59. The third-order valence-corrected chi connectivity index (χ3v) is 2.04. The van der Waals surface area contributed by atoms with Crippen LogP contribution < -0.4 is 4.74 Å². The summed E-state index contributed by atoms with van der Waals surface area (Å²) in [6.07, 6.45) is 0. The van der Waals surface area contributed by atoms with Crippen LogP contribution in [0.3, 0.4) is 0 Å². The summed E-state index contributed by atoms with van der Waals surface area (Å²) >= 11 is 5.80. The van der Waals surface area contributed by atoms with Crippen molar-refractivity contribution < 1.29 is 14.3 Å². The van der Waals surface area contributed by atoms with Gasteiger partial charge in [0.15, 0.2) is 6.61 Å². The number of ether oxygens (including phenoxy) is 2. The quantitative estimate of drug-likeness (QED) is 0.743. The van der Waals surface area contributed by atoms with Gasteiger partial charge in [0.05, 0.1) is 6.61 Å². The van der Waals surface area contributed by atoms with Crippen molar-refractivity contribution in [1.29, 1.82) is 0 Å². The highest BCUT2D eigenvalue weighted by Gasteiger charge is 2.05. The number of carbonyl (C=O) groups excluding carboxylic acids is 1. The zero-order chi connectivity index (χ0) is 11.3. The normalized spacial score (nSPS) is 9.80. The van der Waals surface area contributed by atoms with Crippen molar-refractivity contribution in [3.8, 4) is 5.75 Å². The molecule has 0 bridgehead atoms. The van der Waals surface area contributed by atoms with Crippen LogP contribution in [0.2, 0.25) is 5.02 Å². The van der Waals surface area contributed by atoms with Crippen LogP contribution in [-0.4, -0.2) is 19.2 Å². The van der Waals surface area contributed by atoms with Crippen molar-refractivity contribution in [1.82, 2.24) is 0 Å². The Labute approximate surface area is 93.9 Å². The van der Waals surface area contributed by atoms with E-state index >= 15 is 0 Å². The molecule has 0 aliphatic carbocycles. The van der Waals surface area contributed by atoms with E-state index in [4.69, 9.17) is 21.1 Å². The number of benzene rings is 1. The molecule has 0 atom stereocenters. The minimum absolute atomic E-state index is 0.0883. The number of halogens is 1. The van der Waals surface area contributed by atoms with E-state index in [2.05, 4.69) is 0 Å². The van der Waals surface area contributed by atoms with E-state index in [-0.39, 0.29) is 12.6 Å². The number of carbonyl (C=O) groups is 1. The molecule has 3 nitrogen and oxygen atoms in total. The molecule has 1 aromatic carbocycles. The molecule has 0 heterocycles. The fraction of sp³-hybridized carbons (Fsp3) is 0.364. The van der Waals surface area contributed by atoms with Gasteiger partial charge in [0.1, 0.15) is 5.75 Å². The molecule has 0 N–H and O–H groups in total. The van der Waals surface area contributed by atoms with E-state index in [1.165, 1.54) is 0 Å². The van der Waals surface area contributed by atoms with Gasteiger partial charge in [-0.05, 0) is 31.5 Å². The first kappa shape index (κ1) is 11.9. The first-order chi connectivity index (χ1) is 7.13. The smallest absolute Gasteiger partial charge is 0.344 e. The molecular formula is C11H13ClO3. The van der Waals surface area contributed by atoms with Crippen molar-refractivity contribution in [2.24, 2.45) is 0 Å². The maximum absolute atomic E-state index is 11.0. The highest BCUT2D eigenvalue weighted by molar-refractivity contribution is 6.30. The zero-order valence-corrected chi connectivity index (χ0v) is 9.50. The van der Waals surface area contributed by atoms with Crippen LogP contribution in [-0.2, 0) is 9.53 Å². The van der Waals surface area contributed by atoms with Crippen LogP contribution in [0.25, 0.3) is 0 Å². The van der Waals surface area contributed by atoms with Gasteiger partial charge in [-0.15, -0.1) is 0 Å². The highest BCUT2D eigenvalue weighted by Crippen LogP contribution is 2.22. The molecule has 0 aliphatic rings. The Morgan fingerprint density at radius 2 is 2.20 bits per heavy atom. The average molecular weight is 229 g/mol. The maximum atomic E-state index is 11.0. The number of rotatable bonds is 4. The van der Waals surface area contributed by atoms with Gasteiger partial charge in [-0.1, -0.05) is 17.7 Å². The summed E-state index contributed by atoms with van der Waals surface area (Å²) in [7, 11) is 0. The maximum Gasteiger partial charge on any atom is 0.344 e. The Hall–Kier alpha value is -1.22. The predicted molar refractivity (Wildman–Crippen MR) is 58.3 cm³/mol. The highest BCUT2D eigenvalue weighted by atomic mass is 35.5. The largest absolute Gasteiger partial charge is 0.482 e. The number of aryl methyl sites for hydroxylation is 1. The van der Waals surface area contributed by atoms with Gasteiger partial charge in [0.25, 0.3) is 0 Å². The molecule has 0 saturated carbocycles. The summed E-state index contributed by atoms with van der Waals surface area (Å²) < 4.78 is 10.0. The molecule has 0 unspecified atom stereocenters. The van der Waals surface area contributed by atoms with Crippen LogP contribution in [0.4, 0.5) is 0 Å². The Bertz CT molecular complexity index is 350. The minimum Gasteiger partial charge on any atom is -0.482 e. The lowest BCUT2D eigenvalue weighted by molar-refractivity contribution is -0.145. The number of hydrogen-bond donors (Lipinski definition) is 0. The fourth-order valence-electron chi connectivity index (χ4n) is 1.07. The van der Waals surface area contributed by atoms with Crippen molar-refractivity contribution in [2.45, 2.75) is 13.8 Å². The molecule has 0 amide bonds. The summed E-state index contributed by atoms with van der Waals surface area (Å²) in [6.45, 7) is 3.91. The summed E-state index contributed by atoms with van der Waals surface area (Å²) in [5.74, 6) is 0.229. The second kappa shape index (κ2) is 5.61. The van der Waals surface area contributed by atoms with Gasteiger partial charge in [-0.25, -0.2) is 4.79 Å². The molecule has 4 heteroatoms. The minimum atomic E-state index is -0.378. The lowest BCUT2D eigenvalue weighted by Gasteiger charge is -2.08. The van der Waals surface area contributed by atoms with Gasteiger partial charge in [-0.3, -0.25) is 0 Å². The standard InChI is InChI=1S/C11H13ClO3/c1-3-14-11(13)7-15-10-6-9(12)5-4-8(10)2/h4-6H,3,7H2,1-2H3. The summed E-state index contributed by atoms with van der Waals surface area (Å²) in [6, 6.07) is 5.28. The van der Waals surface area contributed by atoms with Gasteiger partial charge in [0, 0.05) is 5.02 Å². The first-order valence-electron chi connectivity index (χ1n) is 4.68. The number of esters is 1. The van der Waals surface area contributed by atoms with E-state index in [1.54, 1.807) is 19.1 Å². The first-order valence-corrected chi connectivity index (χ1v) is 5.06.